The minimum atomic E-state index is -0.122. The van der Waals surface area contributed by atoms with Crippen LogP contribution in [-0.2, 0) is 9.59 Å². The van der Waals surface area contributed by atoms with Gasteiger partial charge < -0.3 is 5.73 Å². The second-order valence-electron chi connectivity index (χ2n) is 4.38. The van der Waals surface area contributed by atoms with E-state index in [1.165, 1.54) is 4.90 Å². The molecule has 1 heterocycles. The zero-order chi connectivity index (χ0) is 13.7. The molecule has 0 unspecified atom stereocenters. The summed E-state index contributed by atoms with van der Waals surface area (Å²) in [6.45, 7) is 0.310. The Labute approximate surface area is 112 Å². The number of imide groups is 1. The molecule has 4 heteroatoms. The number of anilines is 1. The van der Waals surface area contributed by atoms with Gasteiger partial charge in [-0.2, -0.15) is 0 Å². The van der Waals surface area contributed by atoms with Crippen molar-refractivity contribution in [3.63, 3.8) is 0 Å². The van der Waals surface area contributed by atoms with E-state index < -0.39 is 0 Å². The highest BCUT2D eigenvalue weighted by Gasteiger charge is 2.25. The molecule has 1 aromatic rings. The highest BCUT2D eigenvalue weighted by atomic mass is 16.2. The van der Waals surface area contributed by atoms with E-state index in [1.54, 1.807) is 24.3 Å². The highest BCUT2D eigenvalue weighted by Crippen LogP contribution is 2.21. The quantitative estimate of drug-likeness (QED) is 0.610. The summed E-state index contributed by atoms with van der Waals surface area (Å²) in [4.78, 5) is 25.2. The fourth-order valence-corrected chi connectivity index (χ4v) is 2.05. The molecule has 0 bridgehead atoms. The van der Waals surface area contributed by atoms with Crippen LogP contribution in [0.1, 0.15) is 31.2 Å². The maximum atomic E-state index is 11.9. The second-order valence-corrected chi connectivity index (χ2v) is 4.38. The number of amides is 2. The van der Waals surface area contributed by atoms with Crippen LogP contribution in [0.4, 0.5) is 5.69 Å². The smallest absolute Gasteiger partial charge is 0.233 e. The van der Waals surface area contributed by atoms with Crippen LogP contribution < -0.4 is 10.6 Å². The van der Waals surface area contributed by atoms with Crippen molar-refractivity contribution < 1.29 is 9.59 Å². The van der Waals surface area contributed by atoms with Gasteiger partial charge in [-0.05, 0) is 37.1 Å². The SMILES string of the molecule is NCC#Cc1ccc(N2C(=O)CCCCC2=O)cc1. The summed E-state index contributed by atoms with van der Waals surface area (Å²) in [7, 11) is 0. The molecule has 1 aliphatic heterocycles. The summed E-state index contributed by atoms with van der Waals surface area (Å²) in [6, 6.07) is 7.09. The van der Waals surface area contributed by atoms with Crippen LogP contribution in [0.3, 0.4) is 0 Å². The Kier molecular flexibility index (Phi) is 4.32. The number of rotatable bonds is 1. The fraction of sp³-hybridized carbons (Fsp3) is 0.333. The van der Waals surface area contributed by atoms with Crippen LogP contribution in [0.15, 0.2) is 24.3 Å². The van der Waals surface area contributed by atoms with Gasteiger partial charge in [0.25, 0.3) is 0 Å². The molecule has 1 aliphatic rings. The van der Waals surface area contributed by atoms with Crippen molar-refractivity contribution in [2.45, 2.75) is 25.7 Å². The van der Waals surface area contributed by atoms with Gasteiger partial charge in [-0.3, -0.25) is 14.5 Å². The minimum absolute atomic E-state index is 0.122. The highest BCUT2D eigenvalue weighted by molar-refractivity contribution is 6.15. The molecular weight excluding hydrogens is 240 g/mol. The van der Waals surface area contributed by atoms with E-state index >= 15 is 0 Å². The second kappa shape index (κ2) is 6.17. The maximum absolute atomic E-state index is 11.9. The van der Waals surface area contributed by atoms with Crippen LogP contribution >= 0.6 is 0 Å². The monoisotopic (exact) mass is 256 g/mol. The first kappa shape index (κ1) is 13.3. The average Bonchev–Trinajstić information content (AvgIpc) is 2.58. The van der Waals surface area contributed by atoms with E-state index in [0.29, 0.717) is 25.1 Å². The van der Waals surface area contributed by atoms with Crippen molar-refractivity contribution in [2.24, 2.45) is 5.73 Å². The van der Waals surface area contributed by atoms with Crippen LogP contribution in [0.25, 0.3) is 0 Å². The molecule has 0 aromatic heterocycles. The molecule has 98 valence electrons. The molecule has 19 heavy (non-hydrogen) atoms. The molecule has 4 nitrogen and oxygen atoms in total. The number of carbonyl (C=O) groups excluding carboxylic acids is 2. The third-order valence-electron chi connectivity index (χ3n) is 2.99. The molecule has 0 atom stereocenters. The molecule has 1 saturated heterocycles. The first-order valence-electron chi connectivity index (χ1n) is 6.37. The molecule has 0 saturated carbocycles. The third-order valence-corrected chi connectivity index (χ3v) is 2.99. The predicted octanol–water partition coefficient (Wildman–Crippen LogP) is 1.43. The molecular formula is C15H16N2O2. The van der Waals surface area contributed by atoms with Crippen LogP contribution in [-0.4, -0.2) is 18.4 Å². The Morgan fingerprint density at radius 1 is 1.05 bits per heavy atom. The van der Waals surface area contributed by atoms with Crippen molar-refractivity contribution in [2.75, 3.05) is 11.4 Å². The van der Waals surface area contributed by atoms with Crippen molar-refractivity contribution in [3.8, 4) is 11.8 Å². The molecule has 0 spiro atoms. The average molecular weight is 256 g/mol. The lowest BCUT2D eigenvalue weighted by atomic mass is 10.2. The Morgan fingerprint density at radius 3 is 2.16 bits per heavy atom. The van der Waals surface area contributed by atoms with Gasteiger partial charge >= 0.3 is 0 Å². The standard InChI is InChI=1S/C15H16N2O2/c16-11-3-4-12-7-9-13(10-8-12)17-14(18)5-1-2-6-15(17)19/h7-10H,1-2,5-6,11,16H2. The Hall–Kier alpha value is -2.12. The van der Waals surface area contributed by atoms with Gasteiger partial charge in [0, 0.05) is 18.4 Å². The molecule has 0 radical (unpaired) electrons. The normalized spacial score (nSPS) is 15.7. The number of carbonyl (C=O) groups is 2. The summed E-state index contributed by atoms with van der Waals surface area (Å²) in [5.41, 5.74) is 6.75. The fourth-order valence-electron chi connectivity index (χ4n) is 2.05. The Bertz CT molecular complexity index is 520. The van der Waals surface area contributed by atoms with E-state index in [0.717, 1.165) is 18.4 Å². The first-order valence-corrected chi connectivity index (χ1v) is 6.37. The number of benzene rings is 1. The summed E-state index contributed by atoms with van der Waals surface area (Å²) >= 11 is 0. The minimum Gasteiger partial charge on any atom is -0.320 e. The van der Waals surface area contributed by atoms with Crippen LogP contribution in [0, 0.1) is 11.8 Å². The van der Waals surface area contributed by atoms with Gasteiger partial charge in [0.05, 0.1) is 12.2 Å². The first-order chi connectivity index (χ1) is 9.22. The summed E-state index contributed by atoms with van der Waals surface area (Å²) < 4.78 is 0. The Morgan fingerprint density at radius 2 is 1.63 bits per heavy atom. The maximum Gasteiger partial charge on any atom is 0.233 e. The summed E-state index contributed by atoms with van der Waals surface area (Å²) in [5, 5.41) is 0. The summed E-state index contributed by atoms with van der Waals surface area (Å²) in [5.74, 6) is 5.42. The number of nitrogens with zero attached hydrogens (tertiary/aromatic N) is 1. The van der Waals surface area contributed by atoms with Gasteiger partial charge in [-0.25, -0.2) is 0 Å². The van der Waals surface area contributed by atoms with E-state index in [-0.39, 0.29) is 11.8 Å². The van der Waals surface area contributed by atoms with Crippen molar-refractivity contribution in [3.05, 3.63) is 29.8 Å². The van der Waals surface area contributed by atoms with Gasteiger partial charge in [0.15, 0.2) is 0 Å². The summed E-state index contributed by atoms with van der Waals surface area (Å²) in [6.07, 6.45) is 2.42. The third kappa shape index (κ3) is 3.21. The zero-order valence-electron chi connectivity index (χ0n) is 10.7. The molecule has 2 rings (SSSR count). The lowest BCUT2D eigenvalue weighted by Gasteiger charge is -2.18. The molecule has 2 N–H and O–H groups in total. The largest absolute Gasteiger partial charge is 0.320 e. The Balaban J connectivity index is 2.24. The van der Waals surface area contributed by atoms with Gasteiger partial charge in [0.2, 0.25) is 11.8 Å². The van der Waals surface area contributed by atoms with E-state index in [4.69, 9.17) is 5.73 Å². The molecule has 1 fully saturated rings. The van der Waals surface area contributed by atoms with E-state index in [9.17, 15) is 9.59 Å². The van der Waals surface area contributed by atoms with Gasteiger partial charge in [-0.1, -0.05) is 11.8 Å². The zero-order valence-corrected chi connectivity index (χ0v) is 10.7. The van der Waals surface area contributed by atoms with Crippen molar-refractivity contribution in [1.29, 1.82) is 0 Å². The molecule has 0 aliphatic carbocycles. The van der Waals surface area contributed by atoms with Crippen LogP contribution in [0.2, 0.25) is 0 Å². The number of hydrogen-bond donors (Lipinski definition) is 1. The predicted molar refractivity (Wildman–Crippen MR) is 73.3 cm³/mol. The lowest BCUT2D eigenvalue weighted by molar-refractivity contribution is -0.125. The molecule has 1 aromatic carbocycles. The van der Waals surface area contributed by atoms with Crippen molar-refractivity contribution in [1.82, 2.24) is 0 Å². The molecule has 2 amide bonds. The number of hydrogen-bond acceptors (Lipinski definition) is 3. The van der Waals surface area contributed by atoms with E-state index in [2.05, 4.69) is 11.8 Å². The lowest BCUT2D eigenvalue weighted by Crippen LogP contribution is -2.34. The van der Waals surface area contributed by atoms with Gasteiger partial charge in [-0.15, -0.1) is 0 Å². The topological polar surface area (TPSA) is 63.4 Å². The van der Waals surface area contributed by atoms with E-state index in [1.807, 2.05) is 0 Å². The van der Waals surface area contributed by atoms with Crippen LogP contribution in [0.5, 0.6) is 0 Å². The van der Waals surface area contributed by atoms with Gasteiger partial charge in [0.1, 0.15) is 0 Å². The van der Waals surface area contributed by atoms with Crippen molar-refractivity contribution >= 4 is 17.5 Å². The number of nitrogens with two attached hydrogens (primary N) is 1.